The van der Waals surface area contributed by atoms with E-state index < -0.39 is 5.97 Å². The van der Waals surface area contributed by atoms with Gasteiger partial charge in [0, 0.05) is 6.04 Å². The van der Waals surface area contributed by atoms with Crippen LogP contribution in [0.2, 0.25) is 0 Å². The topological polar surface area (TPSA) is 88.1 Å². The van der Waals surface area contributed by atoms with E-state index in [-0.39, 0.29) is 17.3 Å². The quantitative estimate of drug-likeness (QED) is 0.818. The number of anilines is 2. The molecule has 3 N–H and O–H groups in total. The number of thiophene rings is 1. The monoisotopic (exact) mass is 267 g/mol. The van der Waals surface area contributed by atoms with E-state index in [0.717, 1.165) is 0 Å². The molecule has 0 spiro atoms. The van der Waals surface area contributed by atoms with Crippen LogP contribution in [-0.4, -0.2) is 19.1 Å². The van der Waals surface area contributed by atoms with E-state index in [0.29, 0.717) is 15.8 Å². The third-order valence-corrected chi connectivity index (χ3v) is 3.84. The van der Waals surface area contributed by atoms with E-state index in [4.69, 9.17) is 15.7 Å². The van der Waals surface area contributed by atoms with Crippen LogP contribution in [0, 0.1) is 17.2 Å². The molecule has 0 saturated heterocycles. The highest BCUT2D eigenvalue weighted by Gasteiger charge is 2.24. The number of nitrogens with two attached hydrogens (primary N) is 1. The van der Waals surface area contributed by atoms with Gasteiger partial charge in [0.1, 0.15) is 21.5 Å². The summed E-state index contributed by atoms with van der Waals surface area (Å²) in [7, 11) is 1.29. The van der Waals surface area contributed by atoms with Crippen LogP contribution in [0.3, 0.4) is 0 Å². The van der Waals surface area contributed by atoms with Crippen molar-refractivity contribution in [3.05, 3.63) is 10.4 Å². The van der Waals surface area contributed by atoms with Gasteiger partial charge in [0.15, 0.2) is 0 Å². The van der Waals surface area contributed by atoms with E-state index in [9.17, 15) is 4.79 Å². The number of rotatable bonds is 4. The summed E-state index contributed by atoms with van der Waals surface area (Å²) in [6.07, 6.45) is 0. The summed E-state index contributed by atoms with van der Waals surface area (Å²) in [6.45, 7) is 6.14. The summed E-state index contributed by atoms with van der Waals surface area (Å²) in [5, 5.41) is 12.8. The van der Waals surface area contributed by atoms with Crippen molar-refractivity contribution in [1.82, 2.24) is 0 Å². The SMILES string of the molecule is COC(=O)c1c(NC(C)C(C)C)sc(C#N)c1N. The molecule has 1 unspecified atom stereocenters. The van der Waals surface area contributed by atoms with Gasteiger partial charge in [-0.25, -0.2) is 4.79 Å². The van der Waals surface area contributed by atoms with Gasteiger partial charge >= 0.3 is 5.97 Å². The lowest BCUT2D eigenvalue weighted by Crippen LogP contribution is -2.22. The van der Waals surface area contributed by atoms with Crippen molar-refractivity contribution < 1.29 is 9.53 Å². The summed E-state index contributed by atoms with van der Waals surface area (Å²) < 4.78 is 4.70. The fourth-order valence-electron chi connectivity index (χ4n) is 1.31. The Kier molecular flexibility index (Phi) is 4.56. The van der Waals surface area contributed by atoms with Gasteiger partial charge in [-0.2, -0.15) is 5.26 Å². The number of nitriles is 1. The molecule has 0 aromatic carbocycles. The van der Waals surface area contributed by atoms with Crippen LogP contribution in [0.4, 0.5) is 10.7 Å². The second kappa shape index (κ2) is 5.74. The van der Waals surface area contributed by atoms with Crippen LogP contribution in [0.1, 0.15) is 36.0 Å². The second-order valence-corrected chi connectivity index (χ2v) is 5.35. The van der Waals surface area contributed by atoms with Crippen LogP contribution >= 0.6 is 11.3 Å². The zero-order chi connectivity index (χ0) is 13.9. The average molecular weight is 267 g/mol. The maximum atomic E-state index is 11.7. The Hall–Kier alpha value is -1.74. The first kappa shape index (κ1) is 14.3. The molecule has 1 atom stereocenters. The highest BCUT2D eigenvalue weighted by Crippen LogP contribution is 2.36. The summed E-state index contributed by atoms with van der Waals surface area (Å²) >= 11 is 1.18. The summed E-state index contributed by atoms with van der Waals surface area (Å²) in [5.41, 5.74) is 6.23. The largest absolute Gasteiger partial charge is 0.465 e. The maximum Gasteiger partial charge on any atom is 0.343 e. The van der Waals surface area contributed by atoms with Crippen molar-refractivity contribution >= 4 is 28.0 Å². The number of nitrogens with one attached hydrogen (secondary N) is 1. The summed E-state index contributed by atoms with van der Waals surface area (Å²) in [5.74, 6) is -0.131. The Morgan fingerprint density at radius 2 is 2.11 bits per heavy atom. The lowest BCUT2D eigenvalue weighted by molar-refractivity contribution is 0.0603. The van der Waals surface area contributed by atoms with E-state index >= 15 is 0 Å². The number of hydrogen-bond donors (Lipinski definition) is 2. The molecular formula is C12H17N3O2S. The summed E-state index contributed by atoms with van der Waals surface area (Å²) in [4.78, 5) is 12.0. The molecule has 0 amide bonds. The Labute approximate surface area is 111 Å². The molecule has 0 aliphatic rings. The van der Waals surface area contributed by atoms with Crippen LogP contribution in [0.5, 0.6) is 0 Å². The van der Waals surface area contributed by atoms with Crippen LogP contribution in [0.15, 0.2) is 0 Å². The van der Waals surface area contributed by atoms with Gasteiger partial charge in [0.05, 0.1) is 12.8 Å². The lowest BCUT2D eigenvalue weighted by atomic mass is 10.1. The minimum atomic E-state index is -0.524. The highest BCUT2D eigenvalue weighted by molar-refractivity contribution is 7.17. The van der Waals surface area contributed by atoms with Crippen molar-refractivity contribution in [2.24, 2.45) is 5.92 Å². The van der Waals surface area contributed by atoms with Crippen molar-refractivity contribution in [3.63, 3.8) is 0 Å². The number of hydrogen-bond acceptors (Lipinski definition) is 6. The number of ether oxygens (including phenoxy) is 1. The number of nitrogen functional groups attached to an aromatic ring is 1. The Morgan fingerprint density at radius 1 is 1.50 bits per heavy atom. The lowest BCUT2D eigenvalue weighted by Gasteiger charge is -2.18. The van der Waals surface area contributed by atoms with Crippen LogP contribution in [-0.2, 0) is 4.74 Å². The normalized spacial score (nSPS) is 12.0. The van der Waals surface area contributed by atoms with Gasteiger partial charge in [0.25, 0.3) is 0 Å². The van der Waals surface area contributed by atoms with Crippen molar-refractivity contribution in [3.8, 4) is 6.07 Å². The van der Waals surface area contributed by atoms with Gasteiger partial charge < -0.3 is 15.8 Å². The molecule has 0 aliphatic carbocycles. The molecule has 0 aliphatic heterocycles. The molecule has 18 heavy (non-hydrogen) atoms. The fraction of sp³-hybridized carbons (Fsp3) is 0.500. The highest BCUT2D eigenvalue weighted by atomic mass is 32.1. The van der Waals surface area contributed by atoms with E-state index in [1.54, 1.807) is 0 Å². The Bertz CT molecular complexity index is 488. The van der Waals surface area contributed by atoms with Gasteiger partial charge in [-0.1, -0.05) is 13.8 Å². The van der Waals surface area contributed by atoms with Gasteiger partial charge in [-0.15, -0.1) is 11.3 Å². The molecule has 1 aromatic rings. The molecule has 0 radical (unpaired) electrons. The molecule has 0 fully saturated rings. The average Bonchev–Trinajstić information content (AvgIpc) is 2.64. The zero-order valence-electron chi connectivity index (χ0n) is 10.9. The molecule has 6 heteroatoms. The molecule has 5 nitrogen and oxygen atoms in total. The van der Waals surface area contributed by atoms with Crippen molar-refractivity contribution in [2.45, 2.75) is 26.8 Å². The van der Waals surface area contributed by atoms with E-state index in [1.807, 2.05) is 13.0 Å². The second-order valence-electron chi connectivity index (χ2n) is 4.33. The third kappa shape index (κ3) is 2.74. The predicted molar refractivity (Wildman–Crippen MR) is 72.7 cm³/mol. The van der Waals surface area contributed by atoms with Crippen molar-refractivity contribution in [1.29, 1.82) is 5.26 Å². The molecule has 1 heterocycles. The predicted octanol–water partition coefficient (Wildman–Crippen LogP) is 2.44. The number of methoxy groups -OCH3 is 1. The number of esters is 1. The van der Waals surface area contributed by atoms with Crippen LogP contribution < -0.4 is 11.1 Å². The van der Waals surface area contributed by atoms with Gasteiger partial charge in [-0.3, -0.25) is 0 Å². The summed E-state index contributed by atoms with van der Waals surface area (Å²) in [6, 6.07) is 2.15. The third-order valence-electron chi connectivity index (χ3n) is 2.79. The first-order valence-electron chi connectivity index (χ1n) is 5.59. The Balaban J connectivity index is 3.18. The standard InChI is InChI=1S/C12H17N3O2S/c1-6(2)7(3)15-11-9(12(16)17-4)10(14)8(5-13)18-11/h6-7,15H,14H2,1-4H3. The molecule has 0 saturated carbocycles. The van der Waals surface area contributed by atoms with E-state index in [1.165, 1.54) is 18.4 Å². The minimum Gasteiger partial charge on any atom is -0.465 e. The fourth-order valence-corrected chi connectivity index (χ4v) is 2.31. The molecule has 1 aromatic heterocycles. The molecule has 1 rings (SSSR count). The number of carbonyl (C=O) groups is 1. The Morgan fingerprint density at radius 3 is 2.56 bits per heavy atom. The van der Waals surface area contributed by atoms with E-state index in [2.05, 4.69) is 19.2 Å². The van der Waals surface area contributed by atoms with Gasteiger partial charge in [0.2, 0.25) is 0 Å². The maximum absolute atomic E-state index is 11.7. The zero-order valence-corrected chi connectivity index (χ0v) is 11.7. The number of carbonyl (C=O) groups excluding carboxylic acids is 1. The van der Waals surface area contributed by atoms with Gasteiger partial charge in [-0.05, 0) is 12.8 Å². The molecule has 0 bridgehead atoms. The molecular weight excluding hydrogens is 250 g/mol. The smallest absolute Gasteiger partial charge is 0.343 e. The first-order chi connectivity index (χ1) is 8.42. The minimum absolute atomic E-state index is 0.165. The van der Waals surface area contributed by atoms with Crippen molar-refractivity contribution in [2.75, 3.05) is 18.2 Å². The first-order valence-corrected chi connectivity index (χ1v) is 6.41. The molecule has 98 valence electrons. The van der Waals surface area contributed by atoms with Crippen LogP contribution in [0.25, 0.3) is 0 Å². The number of nitrogens with zero attached hydrogens (tertiary/aromatic N) is 1.